The van der Waals surface area contributed by atoms with Gasteiger partial charge in [-0.2, -0.15) is 0 Å². The molecule has 6 heteroatoms. The molecule has 0 aliphatic rings. The number of nitrogens with zero attached hydrogens (tertiary/aromatic N) is 2. The van der Waals surface area contributed by atoms with Crippen LogP contribution in [-0.2, 0) is 11.2 Å². The number of amides is 1. The number of rotatable bonds is 5. The van der Waals surface area contributed by atoms with Crippen LogP contribution in [0, 0.1) is 0 Å². The van der Waals surface area contributed by atoms with E-state index in [2.05, 4.69) is 15.3 Å². The first-order valence-electron chi connectivity index (χ1n) is 7.91. The Bertz CT molecular complexity index is 866. The van der Waals surface area contributed by atoms with Crippen LogP contribution < -0.4 is 16.8 Å². The molecule has 0 aliphatic carbocycles. The topological polar surface area (TPSA) is 107 Å². The zero-order chi connectivity index (χ0) is 17.6. The van der Waals surface area contributed by atoms with Gasteiger partial charge in [0.2, 0.25) is 11.9 Å². The van der Waals surface area contributed by atoms with Gasteiger partial charge < -0.3 is 16.8 Å². The Hall–Kier alpha value is -3.25. The van der Waals surface area contributed by atoms with Crippen molar-refractivity contribution in [3.8, 4) is 11.3 Å². The third-order valence-corrected chi connectivity index (χ3v) is 3.74. The standard InChI is InChI=1S/C19H19N5O/c20-16(11-13-5-2-1-3-6-13)18(25)23-15-8-4-7-14(12-15)17-9-10-22-19(21)24-17/h1-10,12,16H,11,20H2,(H,23,25)(H2,21,22,24)/t16-/m1/s1. The Labute approximate surface area is 145 Å². The second kappa shape index (κ2) is 7.55. The number of hydrogen-bond donors (Lipinski definition) is 3. The van der Waals surface area contributed by atoms with Crippen LogP contribution in [0.25, 0.3) is 11.3 Å². The molecule has 0 fully saturated rings. The maximum absolute atomic E-state index is 12.3. The van der Waals surface area contributed by atoms with E-state index in [0.29, 0.717) is 17.8 Å². The molecule has 1 aromatic heterocycles. The summed E-state index contributed by atoms with van der Waals surface area (Å²) in [6.07, 6.45) is 2.08. The van der Waals surface area contributed by atoms with Crippen molar-refractivity contribution in [1.29, 1.82) is 0 Å². The molecule has 0 radical (unpaired) electrons. The van der Waals surface area contributed by atoms with Crippen molar-refractivity contribution in [3.05, 3.63) is 72.4 Å². The zero-order valence-electron chi connectivity index (χ0n) is 13.6. The van der Waals surface area contributed by atoms with Crippen LogP contribution in [0.15, 0.2) is 66.9 Å². The third-order valence-electron chi connectivity index (χ3n) is 3.74. The van der Waals surface area contributed by atoms with Crippen LogP contribution >= 0.6 is 0 Å². The van der Waals surface area contributed by atoms with E-state index in [-0.39, 0.29) is 11.9 Å². The fourth-order valence-electron chi connectivity index (χ4n) is 2.49. The maximum Gasteiger partial charge on any atom is 0.241 e. The average Bonchev–Trinajstić information content (AvgIpc) is 2.63. The highest BCUT2D eigenvalue weighted by molar-refractivity contribution is 5.95. The van der Waals surface area contributed by atoms with Crippen molar-refractivity contribution in [3.63, 3.8) is 0 Å². The van der Waals surface area contributed by atoms with Crippen LogP contribution in [0.4, 0.5) is 11.6 Å². The molecule has 0 unspecified atom stereocenters. The quantitative estimate of drug-likeness (QED) is 0.664. The Morgan fingerprint density at radius 2 is 1.88 bits per heavy atom. The first-order chi connectivity index (χ1) is 12.1. The van der Waals surface area contributed by atoms with Gasteiger partial charge in [-0.1, -0.05) is 42.5 Å². The van der Waals surface area contributed by atoms with Crippen molar-refractivity contribution < 1.29 is 4.79 Å². The first kappa shape index (κ1) is 16.6. The van der Waals surface area contributed by atoms with Crippen LogP contribution in [0.1, 0.15) is 5.56 Å². The number of anilines is 2. The number of carbonyl (C=O) groups is 1. The number of aromatic nitrogens is 2. The number of carbonyl (C=O) groups excluding carboxylic acids is 1. The molecule has 126 valence electrons. The predicted molar refractivity (Wildman–Crippen MR) is 98.6 cm³/mol. The third kappa shape index (κ3) is 4.39. The lowest BCUT2D eigenvalue weighted by Crippen LogP contribution is -2.37. The molecule has 1 heterocycles. The van der Waals surface area contributed by atoms with E-state index in [4.69, 9.17) is 11.5 Å². The molecule has 0 saturated heterocycles. The number of nitrogens with one attached hydrogen (secondary N) is 1. The smallest absolute Gasteiger partial charge is 0.241 e. The molecule has 1 atom stereocenters. The summed E-state index contributed by atoms with van der Waals surface area (Å²) in [5.41, 5.74) is 14.8. The summed E-state index contributed by atoms with van der Waals surface area (Å²) in [5.74, 6) is -0.0278. The average molecular weight is 333 g/mol. The molecule has 0 aliphatic heterocycles. The molecule has 1 amide bonds. The molecule has 25 heavy (non-hydrogen) atoms. The summed E-state index contributed by atoms with van der Waals surface area (Å²) in [6.45, 7) is 0. The largest absolute Gasteiger partial charge is 0.368 e. The summed E-state index contributed by atoms with van der Waals surface area (Å²) in [6, 6.07) is 18.2. The lowest BCUT2D eigenvalue weighted by molar-refractivity contribution is -0.117. The van der Waals surface area contributed by atoms with Gasteiger partial charge in [0.15, 0.2) is 0 Å². The molecule has 0 bridgehead atoms. The summed E-state index contributed by atoms with van der Waals surface area (Å²) >= 11 is 0. The van der Waals surface area contributed by atoms with Crippen LogP contribution in [-0.4, -0.2) is 21.9 Å². The van der Waals surface area contributed by atoms with E-state index in [0.717, 1.165) is 11.1 Å². The predicted octanol–water partition coefficient (Wildman–Crippen LogP) is 2.23. The molecule has 3 rings (SSSR count). The SMILES string of the molecule is Nc1nccc(-c2cccc(NC(=O)[C@H](N)Cc3ccccc3)c2)n1. The molecule has 6 nitrogen and oxygen atoms in total. The molecule has 3 aromatic rings. The zero-order valence-corrected chi connectivity index (χ0v) is 13.6. The Kier molecular flexibility index (Phi) is 5.01. The van der Waals surface area contributed by atoms with Gasteiger partial charge in [0.25, 0.3) is 0 Å². The first-order valence-corrected chi connectivity index (χ1v) is 7.91. The van der Waals surface area contributed by atoms with Crippen LogP contribution in [0.3, 0.4) is 0 Å². The van der Waals surface area contributed by atoms with E-state index in [9.17, 15) is 4.79 Å². The lowest BCUT2D eigenvalue weighted by atomic mass is 10.1. The summed E-state index contributed by atoms with van der Waals surface area (Å²) < 4.78 is 0. The van der Waals surface area contributed by atoms with E-state index in [1.165, 1.54) is 0 Å². The minimum atomic E-state index is -0.624. The number of nitrogens with two attached hydrogens (primary N) is 2. The van der Waals surface area contributed by atoms with Gasteiger partial charge in [0, 0.05) is 17.4 Å². The fraction of sp³-hybridized carbons (Fsp3) is 0.105. The fourth-order valence-corrected chi connectivity index (χ4v) is 2.49. The second-order valence-electron chi connectivity index (χ2n) is 5.67. The Balaban J connectivity index is 1.70. The Morgan fingerprint density at radius 1 is 1.08 bits per heavy atom. The molecule has 5 N–H and O–H groups in total. The van der Waals surface area contributed by atoms with E-state index in [1.54, 1.807) is 18.3 Å². The molecule has 0 spiro atoms. The van der Waals surface area contributed by atoms with Gasteiger partial charge in [0.05, 0.1) is 11.7 Å². The number of benzene rings is 2. The van der Waals surface area contributed by atoms with Crippen LogP contribution in [0.5, 0.6) is 0 Å². The minimum Gasteiger partial charge on any atom is -0.368 e. The number of hydrogen-bond acceptors (Lipinski definition) is 5. The van der Waals surface area contributed by atoms with Crippen molar-refractivity contribution in [2.75, 3.05) is 11.1 Å². The maximum atomic E-state index is 12.3. The number of nitrogen functional groups attached to an aromatic ring is 1. The van der Waals surface area contributed by atoms with Gasteiger partial charge in [-0.15, -0.1) is 0 Å². The van der Waals surface area contributed by atoms with Gasteiger partial charge in [-0.3, -0.25) is 4.79 Å². The molecular weight excluding hydrogens is 314 g/mol. The van der Waals surface area contributed by atoms with Crippen molar-refractivity contribution >= 4 is 17.5 Å². The van der Waals surface area contributed by atoms with Gasteiger partial charge in [-0.05, 0) is 30.2 Å². The van der Waals surface area contributed by atoms with Gasteiger partial charge >= 0.3 is 0 Å². The summed E-state index contributed by atoms with van der Waals surface area (Å²) in [5, 5.41) is 2.85. The van der Waals surface area contributed by atoms with Gasteiger partial charge in [0.1, 0.15) is 0 Å². The Morgan fingerprint density at radius 3 is 2.64 bits per heavy atom. The normalized spacial score (nSPS) is 11.7. The van der Waals surface area contributed by atoms with Crippen LogP contribution in [0.2, 0.25) is 0 Å². The second-order valence-corrected chi connectivity index (χ2v) is 5.67. The van der Waals surface area contributed by atoms with Crippen molar-refractivity contribution in [1.82, 2.24) is 9.97 Å². The summed E-state index contributed by atoms with van der Waals surface area (Å²) in [7, 11) is 0. The highest BCUT2D eigenvalue weighted by Crippen LogP contribution is 2.21. The minimum absolute atomic E-state index is 0.205. The van der Waals surface area contributed by atoms with E-state index < -0.39 is 6.04 Å². The summed E-state index contributed by atoms with van der Waals surface area (Å²) in [4.78, 5) is 20.4. The molecular formula is C19H19N5O. The molecule has 2 aromatic carbocycles. The monoisotopic (exact) mass is 333 g/mol. The van der Waals surface area contributed by atoms with Crippen molar-refractivity contribution in [2.24, 2.45) is 5.73 Å². The molecule has 0 saturated carbocycles. The van der Waals surface area contributed by atoms with E-state index in [1.807, 2.05) is 48.5 Å². The van der Waals surface area contributed by atoms with E-state index >= 15 is 0 Å². The van der Waals surface area contributed by atoms with Crippen molar-refractivity contribution in [2.45, 2.75) is 12.5 Å². The highest BCUT2D eigenvalue weighted by atomic mass is 16.2. The highest BCUT2D eigenvalue weighted by Gasteiger charge is 2.14. The lowest BCUT2D eigenvalue weighted by Gasteiger charge is -2.13. The van der Waals surface area contributed by atoms with Gasteiger partial charge in [-0.25, -0.2) is 9.97 Å².